The fourth-order valence-corrected chi connectivity index (χ4v) is 1.96. The van der Waals surface area contributed by atoms with E-state index in [0.29, 0.717) is 6.04 Å². The number of halogens is 1. The Balaban J connectivity index is 1.67. The minimum Gasteiger partial charge on any atom is -0.328 e. The summed E-state index contributed by atoms with van der Waals surface area (Å²) in [5.41, 5.74) is 1.82. The lowest BCUT2D eigenvalue weighted by molar-refractivity contribution is 0.628. The van der Waals surface area contributed by atoms with Gasteiger partial charge in [-0.1, -0.05) is 0 Å². The lowest BCUT2D eigenvalue weighted by Crippen LogP contribution is -2.17. The fourth-order valence-electron chi connectivity index (χ4n) is 1.96. The smallest absolute Gasteiger partial charge is 0.155 e. The second-order valence-corrected chi connectivity index (χ2v) is 5.07. The van der Waals surface area contributed by atoms with Gasteiger partial charge in [-0.25, -0.2) is 4.39 Å². The first-order chi connectivity index (χ1) is 9.72. The maximum Gasteiger partial charge on any atom is 0.155 e. The van der Waals surface area contributed by atoms with Gasteiger partial charge in [-0.15, -0.1) is 5.10 Å². The van der Waals surface area contributed by atoms with Crippen molar-refractivity contribution in [2.24, 2.45) is 0 Å². The van der Waals surface area contributed by atoms with Crippen molar-refractivity contribution < 1.29 is 4.39 Å². The number of hydrogen-bond donors (Lipinski definition) is 1. The Hall–Kier alpha value is -2.01. The van der Waals surface area contributed by atoms with Crippen molar-refractivity contribution in [2.75, 3.05) is 11.9 Å². The molecular weight excluding hydrogens is 255 g/mol. The van der Waals surface area contributed by atoms with Crippen LogP contribution in [0.1, 0.15) is 18.5 Å². The van der Waals surface area contributed by atoms with Gasteiger partial charge in [0.2, 0.25) is 0 Å². The van der Waals surface area contributed by atoms with E-state index in [-0.39, 0.29) is 5.82 Å². The zero-order chi connectivity index (χ0) is 13.9. The fraction of sp³-hybridized carbons (Fsp3) is 0.333. The number of anilines is 2. The highest BCUT2D eigenvalue weighted by Gasteiger charge is 2.20. The van der Waals surface area contributed by atoms with Crippen molar-refractivity contribution in [3.63, 3.8) is 0 Å². The van der Waals surface area contributed by atoms with Crippen LogP contribution >= 0.6 is 0 Å². The number of benzene rings is 1. The Bertz CT molecular complexity index is 563. The van der Waals surface area contributed by atoms with Crippen LogP contribution < -0.4 is 10.2 Å². The first kappa shape index (κ1) is 13.0. The van der Waals surface area contributed by atoms with E-state index in [1.807, 2.05) is 24.1 Å². The molecule has 0 aliphatic heterocycles. The summed E-state index contributed by atoms with van der Waals surface area (Å²) >= 11 is 0. The molecule has 1 saturated carbocycles. The van der Waals surface area contributed by atoms with Gasteiger partial charge in [-0.3, -0.25) is 0 Å². The highest BCUT2D eigenvalue weighted by atomic mass is 19.1. The van der Waals surface area contributed by atoms with Crippen molar-refractivity contribution in [3.8, 4) is 0 Å². The van der Waals surface area contributed by atoms with Crippen LogP contribution in [0.5, 0.6) is 0 Å². The SMILES string of the molecule is CN(c1ccc(F)cc1)c1ccc(CNC2CC2)nn1. The van der Waals surface area contributed by atoms with E-state index in [1.54, 1.807) is 12.1 Å². The molecule has 0 saturated heterocycles. The molecule has 3 rings (SSSR count). The van der Waals surface area contributed by atoms with Crippen LogP contribution in [0.2, 0.25) is 0 Å². The molecule has 5 heteroatoms. The first-order valence-corrected chi connectivity index (χ1v) is 6.77. The average Bonchev–Trinajstić information content (AvgIpc) is 3.30. The Morgan fingerprint density at radius 1 is 1.15 bits per heavy atom. The molecule has 1 aliphatic rings. The van der Waals surface area contributed by atoms with Crippen LogP contribution in [-0.2, 0) is 6.54 Å². The van der Waals surface area contributed by atoms with Crippen LogP contribution in [-0.4, -0.2) is 23.3 Å². The van der Waals surface area contributed by atoms with E-state index in [1.165, 1.54) is 25.0 Å². The monoisotopic (exact) mass is 272 g/mol. The molecule has 0 amide bonds. The third-order valence-corrected chi connectivity index (χ3v) is 3.41. The van der Waals surface area contributed by atoms with E-state index < -0.39 is 0 Å². The molecule has 0 radical (unpaired) electrons. The molecule has 1 fully saturated rings. The van der Waals surface area contributed by atoms with Gasteiger partial charge in [0, 0.05) is 25.3 Å². The summed E-state index contributed by atoms with van der Waals surface area (Å²) in [6, 6.07) is 10.9. The Morgan fingerprint density at radius 3 is 2.50 bits per heavy atom. The van der Waals surface area contributed by atoms with Gasteiger partial charge in [0.05, 0.1) is 5.69 Å². The van der Waals surface area contributed by atoms with Gasteiger partial charge in [0.1, 0.15) is 5.82 Å². The zero-order valence-corrected chi connectivity index (χ0v) is 11.4. The summed E-state index contributed by atoms with van der Waals surface area (Å²) in [5.74, 6) is 0.501. The highest BCUT2D eigenvalue weighted by Crippen LogP contribution is 2.22. The molecule has 0 atom stereocenters. The summed E-state index contributed by atoms with van der Waals surface area (Å²) in [7, 11) is 1.89. The maximum atomic E-state index is 12.9. The maximum absolute atomic E-state index is 12.9. The van der Waals surface area contributed by atoms with Crippen LogP contribution in [0.25, 0.3) is 0 Å². The minimum absolute atomic E-state index is 0.241. The van der Waals surface area contributed by atoms with E-state index in [4.69, 9.17) is 0 Å². The average molecular weight is 272 g/mol. The number of aromatic nitrogens is 2. The largest absolute Gasteiger partial charge is 0.328 e. The van der Waals surface area contributed by atoms with E-state index in [0.717, 1.165) is 23.7 Å². The van der Waals surface area contributed by atoms with Gasteiger partial charge < -0.3 is 10.2 Å². The van der Waals surface area contributed by atoms with E-state index >= 15 is 0 Å². The molecule has 2 aromatic rings. The van der Waals surface area contributed by atoms with Gasteiger partial charge >= 0.3 is 0 Å². The number of rotatable bonds is 5. The normalized spacial score (nSPS) is 14.3. The van der Waals surface area contributed by atoms with Crippen molar-refractivity contribution in [1.29, 1.82) is 0 Å². The predicted molar refractivity (Wildman–Crippen MR) is 76.4 cm³/mol. The predicted octanol–water partition coefficient (Wildman–Crippen LogP) is 2.64. The molecule has 1 aromatic heterocycles. The van der Waals surface area contributed by atoms with Crippen LogP contribution in [0.4, 0.5) is 15.9 Å². The molecule has 0 spiro atoms. The van der Waals surface area contributed by atoms with Gasteiger partial charge in [-0.2, -0.15) is 5.10 Å². The third kappa shape index (κ3) is 3.11. The molecular formula is C15H17FN4. The molecule has 1 heterocycles. The molecule has 1 aromatic carbocycles. The summed E-state index contributed by atoms with van der Waals surface area (Å²) in [6.07, 6.45) is 2.53. The molecule has 4 nitrogen and oxygen atoms in total. The lowest BCUT2D eigenvalue weighted by Gasteiger charge is -2.17. The molecule has 104 valence electrons. The second kappa shape index (κ2) is 5.54. The summed E-state index contributed by atoms with van der Waals surface area (Å²) in [5, 5.41) is 11.8. The summed E-state index contributed by atoms with van der Waals surface area (Å²) in [6.45, 7) is 0.762. The zero-order valence-electron chi connectivity index (χ0n) is 11.4. The Kier molecular flexibility index (Phi) is 3.60. The van der Waals surface area contributed by atoms with Crippen LogP contribution in [0, 0.1) is 5.82 Å². The highest BCUT2D eigenvalue weighted by molar-refractivity contribution is 5.58. The molecule has 20 heavy (non-hydrogen) atoms. The van der Waals surface area contributed by atoms with Crippen molar-refractivity contribution in [2.45, 2.75) is 25.4 Å². The van der Waals surface area contributed by atoms with Gasteiger partial charge in [-0.05, 0) is 49.2 Å². The van der Waals surface area contributed by atoms with Gasteiger partial charge in [0.25, 0.3) is 0 Å². The summed E-state index contributed by atoms with van der Waals surface area (Å²) in [4.78, 5) is 1.88. The number of nitrogens with zero attached hydrogens (tertiary/aromatic N) is 3. The first-order valence-electron chi connectivity index (χ1n) is 6.77. The lowest BCUT2D eigenvalue weighted by atomic mass is 10.3. The number of hydrogen-bond acceptors (Lipinski definition) is 4. The standard InChI is InChI=1S/C15H17FN4/c1-20(14-7-2-11(16)3-8-14)15-9-6-13(18-19-15)10-17-12-4-5-12/h2-3,6-9,12,17H,4-5,10H2,1H3. The van der Waals surface area contributed by atoms with Crippen LogP contribution in [0.3, 0.4) is 0 Å². The number of nitrogens with one attached hydrogen (secondary N) is 1. The van der Waals surface area contributed by atoms with Crippen molar-refractivity contribution in [1.82, 2.24) is 15.5 Å². The Morgan fingerprint density at radius 2 is 1.90 bits per heavy atom. The van der Waals surface area contributed by atoms with Crippen LogP contribution in [0.15, 0.2) is 36.4 Å². The molecule has 0 unspecified atom stereocenters. The van der Waals surface area contributed by atoms with Crippen molar-refractivity contribution >= 4 is 11.5 Å². The second-order valence-electron chi connectivity index (χ2n) is 5.07. The summed E-state index contributed by atoms with van der Waals surface area (Å²) < 4.78 is 12.9. The van der Waals surface area contributed by atoms with E-state index in [2.05, 4.69) is 15.5 Å². The Labute approximate surface area is 117 Å². The van der Waals surface area contributed by atoms with E-state index in [9.17, 15) is 4.39 Å². The minimum atomic E-state index is -0.241. The topological polar surface area (TPSA) is 41.0 Å². The third-order valence-electron chi connectivity index (χ3n) is 3.41. The molecule has 1 aliphatic carbocycles. The van der Waals surface area contributed by atoms with Crippen molar-refractivity contribution in [3.05, 3.63) is 47.9 Å². The molecule has 1 N–H and O–H groups in total. The quantitative estimate of drug-likeness (QED) is 0.908. The molecule has 0 bridgehead atoms. The van der Waals surface area contributed by atoms with Gasteiger partial charge in [0.15, 0.2) is 5.82 Å².